The van der Waals surface area contributed by atoms with Crippen molar-refractivity contribution in [3.05, 3.63) is 72.8 Å². The average molecular weight is 482 g/mol. The van der Waals surface area contributed by atoms with E-state index in [2.05, 4.69) is 12.1 Å². The van der Waals surface area contributed by atoms with Gasteiger partial charge in [0.15, 0.2) is 0 Å². The van der Waals surface area contributed by atoms with Gasteiger partial charge in [-0.25, -0.2) is 0 Å². The van der Waals surface area contributed by atoms with Crippen LogP contribution in [0.3, 0.4) is 0 Å². The van der Waals surface area contributed by atoms with E-state index in [-0.39, 0.29) is 43.2 Å². The Bertz CT molecular complexity index is 1150. The molecule has 29 heavy (non-hydrogen) atoms. The first-order valence-electron chi connectivity index (χ1n) is 8.25. The molecule has 0 unspecified atom stereocenters. The van der Waals surface area contributed by atoms with Gasteiger partial charge in [-0.05, 0) is 0 Å². The molecule has 0 saturated carbocycles. The summed E-state index contributed by atoms with van der Waals surface area (Å²) >= 11 is 1.66. The molecule has 4 aromatic carbocycles. The second-order valence-electron chi connectivity index (χ2n) is 6.02. The third-order valence-electron chi connectivity index (χ3n) is 4.40. The molecule has 0 aliphatic rings. The van der Waals surface area contributed by atoms with E-state index in [1.165, 1.54) is 6.92 Å². The van der Waals surface area contributed by atoms with E-state index in [4.69, 9.17) is 8.06 Å². The number of fused-ring (bicyclic) bond motifs is 2. The maximum atomic E-state index is 11.7. The number of hydrogen-bond donors (Lipinski definition) is 0. The van der Waals surface area contributed by atoms with Crippen molar-refractivity contribution in [3.63, 3.8) is 0 Å². The standard InChI is InChI=1S/C22H16O3.3ClH.Ti/c1-14(23)25-20-13-11-16-7-3-5-9-18(16)22(20)21-17-8-4-2-6-15(17)10-12-19(21)24;;;;/h2-13,24H,1H3;3*1H;/q;;;;+4/p-4. The summed E-state index contributed by atoms with van der Waals surface area (Å²) < 4.78 is 11.2. The molecule has 0 spiro atoms. The van der Waals surface area contributed by atoms with Gasteiger partial charge in [-0.3, -0.25) is 0 Å². The number of ether oxygens (including phenoxy) is 1. The number of esters is 1. The Kier molecular flexibility index (Phi) is 9.48. The Morgan fingerprint density at radius 1 is 0.690 bits per heavy atom. The first-order valence-corrected chi connectivity index (χ1v) is 8.88. The molecule has 0 radical (unpaired) electrons. The molecule has 0 aliphatic carbocycles. The molecule has 4 rings (SSSR count). The Hall–Kier alpha value is -1.75. The van der Waals surface area contributed by atoms with Gasteiger partial charge in [-0.2, -0.15) is 0 Å². The van der Waals surface area contributed by atoms with Crippen LogP contribution in [0.4, 0.5) is 0 Å². The minimum Gasteiger partial charge on any atom is -1.00 e. The second kappa shape index (κ2) is 10.9. The summed E-state index contributed by atoms with van der Waals surface area (Å²) in [5.41, 5.74) is 1.80. The van der Waals surface area contributed by atoms with Gasteiger partial charge in [0, 0.05) is 0 Å². The van der Waals surface area contributed by atoms with Gasteiger partial charge in [0.1, 0.15) is 0 Å². The normalized spacial score (nSPS) is 9.76. The molecule has 146 valence electrons. The molecule has 0 aliphatic heterocycles. The molecule has 0 aromatic heterocycles. The number of benzene rings is 4. The topological polar surface area (TPSA) is 35.5 Å². The maximum absolute atomic E-state index is 11.7. The fourth-order valence-corrected chi connectivity index (χ4v) is 3.61. The number of halogens is 3. The van der Waals surface area contributed by atoms with Gasteiger partial charge in [0.05, 0.1) is 0 Å². The summed E-state index contributed by atoms with van der Waals surface area (Å²) in [6.07, 6.45) is 0. The van der Waals surface area contributed by atoms with Crippen LogP contribution in [0.25, 0.3) is 32.7 Å². The summed E-state index contributed by atoms with van der Waals surface area (Å²) in [7, 11) is 0. The zero-order valence-electron chi connectivity index (χ0n) is 15.3. The second-order valence-corrected chi connectivity index (χ2v) is 6.33. The van der Waals surface area contributed by atoms with Crippen molar-refractivity contribution >= 4 is 27.5 Å². The van der Waals surface area contributed by atoms with Gasteiger partial charge < -0.3 is 37.2 Å². The molecule has 4 aromatic rings. The number of hydrogen-bond acceptors (Lipinski definition) is 3. The van der Waals surface area contributed by atoms with Crippen LogP contribution < -0.4 is 45.3 Å². The fraction of sp³-hybridized carbons (Fsp3) is 0.0455. The van der Waals surface area contributed by atoms with Crippen molar-refractivity contribution in [3.8, 4) is 22.6 Å². The summed E-state index contributed by atoms with van der Waals surface area (Å²) in [5.74, 6) is 0.931. The van der Waals surface area contributed by atoms with E-state index < -0.39 is 0 Å². The first kappa shape index (κ1) is 25.3. The quantitative estimate of drug-likeness (QED) is 0.173. The third-order valence-corrected chi connectivity index (χ3v) is 4.74. The van der Waals surface area contributed by atoms with Crippen LogP contribution in [-0.4, -0.2) is 5.97 Å². The summed E-state index contributed by atoms with van der Waals surface area (Å²) in [6.45, 7) is 1.42. The minimum absolute atomic E-state index is 0. The van der Waals surface area contributed by atoms with Crippen LogP contribution in [0.15, 0.2) is 72.8 Å². The molecule has 0 atom stereocenters. The minimum atomic E-state index is -0.347. The van der Waals surface area contributed by atoms with Crippen LogP contribution in [-0.2, 0) is 25.6 Å². The SMILES string of the molecule is CC(=O)Oc1ccc2ccccc2c1-c1c([O][Ti+3])ccc2ccccc12.[Cl-].[Cl-].[Cl-]. The molecule has 0 bridgehead atoms. The van der Waals surface area contributed by atoms with Crippen molar-refractivity contribution in [2.75, 3.05) is 0 Å². The maximum Gasteiger partial charge on any atom is -1.00 e. The van der Waals surface area contributed by atoms with Gasteiger partial charge >= 0.3 is 164 Å². The molecule has 0 heterocycles. The van der Waals surface area contributed by atoms with Crippen molar-refractivity contribution in [2.24, 2.45) is 0 Å². The van der Waals surface area contributed by atoms with Crippen LogP contribution in [0.1, 0.15) is 6.92 Å². The molecular weight excluding hydrogens is 466 g/mol. The predicted molar refractivity (Wildman–Crippen MR) is 98.8 cm³/mol. The smallest absolute Gasteiger partial charge is 1.00 e. The fourth-order valence-electron chi connectivity index (χ4n) is 3.34. The van der Waals surface area contributed by atoms with E-state index in [0.717, 1.165) is 38.4 Å². The summed E-state index contributed by atoms with van der Waals surface area (Å²) in [6, 6.07) is 24.0. The first-order chi connectivity index (χ1) is 12.7. The largest absolute Gasteiger partial charge is 1.00 e. The van der Waals surface area contributed by atoms with E-state index in [1.807, 2.05) is 60.7 Å². The molecule has 7 heteroatoms. The van der Waals surface area contributed by atoms with Crippen LogP contribution >= 0.6 is 0 Å². The summed E-state index contributed by atoms with van der Waals surface area (Å²) in [5, 5.41) is 4.25. The monoisotopic (exact) mass is 480 g/mol. The molecule has 0 saturated heterocycles. The van der Waals surface area contributed by atoms with E-state index in [9.17, 15) is 4.79 Å². The van der Waals surface area contributed by atoms with Crippen molar-refractivity contribution in [1.82, 2.24) is 0 Å². The molecule has 3 nitrogen and oxygen atoms in total. The zero-order chi connectivity index (χ0) is 18.1. The van der Waals surface area contributed by atoms with Gasteiger partial charge in [-0.1, -0.05) is 0 Å². The Balaban J connectivity index is 0.00000140. The average Bonchev–Trinajstić information content (AvgIpc) is 2.67. The van der Waals surface area contributed by atoms with Crippen molar-refractivity contribution in [2.45, 2.75) is 6.92 Å². The number of carbonyl (C=O) groups excluding carboxylic acids is 1. The van der Waals surface area contributed by atoms with Gasteiger partial charge in [0.25, 0.3) is 0 Å². The number of carbonyl (C=O) groups is 1. The third kappa shape index (κ3) is 4.88. The van der Waals surface area contributed by atoms with Crippen LogP contribution in [0.2, 0.25) is 0 Å². The van der Waals surface area contributed by atoms with Crippen LogP contribution in [0, 0.1) is 0 Å². The van der Waals surface area contributed by atoms with E-state index >= 15 is 0 Å². The van der Waals surface area contributed by atoms with Gasteiger partial charge in [0.2, 0.25) is 0 Å². The van der Waals surface area contributed by atoms with Crippen LogP contribution in [0.5, 0.6) is 11.5 Å². The molecule has 0 fully saturated rings. The Morgan fingerprint density at radius 2 is 1.14 bits per heavy atom. The molecular formula is C22H15Cl3O3Ti. The molecule has 0 amide bonds. The van der Waals surface area contributed by atoms with Gasteiger partial charge in [-0.15, -0.1) is 0 Å². The van der Waals surface area contributed by atoms with Crippen molar-refractivity contribution in [1.29, 1.82) is 0 Å². The molecule has 0 N–H and O–H groups in total. The van der Waals surface area contributed by atoms with Crippen molar-refractivity contribution < 1.29 is 70.9 Å². The summed E-state index contributed by atoms with van der Waals surface area (Å²) in [4.78, 5) is 11.7. The van der Waals surface area contributed by atoms with E-state index in [0.29, 0.717) is 5.75 Å². The predicted octanol–water partition coefficient (Wildman–Crippen LogP) is -3.56. The number of rotatable bonds is 3. The van der Waals surface area contributed by atoms with E-state index in [1.54, 1.807) is 20.8 Å². The Morgan fingerprint density at radius 3 is 1.62 bits per heavy atom. The Labute approximate surface area is 199 Å². The zero-order valence-corrected chi connectivity index (χ0v) is 19.1.